The highest BCUT2D eigenvalue weighted by molar-refractivity contribution is 6.00. The lowest BCUT2D eigenvalue weighted by atomic mass is 10.1. The minimum atomic E-state index is 0.636. The predicted molar refractivity (Wildman–Crippen MR) is 236 cm³/mol. The maximum absolute atomic E-state index is 10.7. The van der Waals surface area contributed by atoms with Gasteiger partial charge in [0.2, 0.25) is 0 Å². The summed E-state index contributed by atoms with van der Waals surface area (Å²) in [6.07, 6.45) is 10.3. The minimum Gasteiger partial charge on any atom is -0.387 e. The fourth-order valence-electron chi connectivity index (χ4n) is 5.79. The number of carbonyl (C=O) groups excluding carboxylic acids is 2. The summed E-state index contributed by atoms with van der Waals surface area (Å²) in [5, 5.41) is 6.13. The van der Waals surface area contributed by atoms with Crippen molar-refractivity contribution in [1.82, 2.24) is 28.9 Å². The van der Waals surface area contributed by atoms with Gasteiger partial charge in [0.25, 0.3) is 0 Å². The van der Waals surface area contributed by atoms with Crippen LogP contribution in [0.5, 0.6) is 0 Å². The molecule has 300 valence electrons. The molecule has 6 rings (SSSR count). The summed E-state index contributed by atoms with van der Waals surface area (Å²) in [6.45, 7) is 16.8. The number of aldehydes is 2. The van der Waals surface area contributed by atoms with Crippen molar-refractivity contribution in [1.29, 1.82) is 0 Å². The molecule has 2 aromatic carbocycles. The Balaban J connectivity index is 0.000000236. The van der Waals surface area contributed by atoms with Crippen LogP contribution in [0.1, 0.15) is 65.1 Å². The molecular weight excluding hydrogens is 703 g/mol. The van der Waals surface area contributed by atoms with Gasteiger partial charge in [0.05, 0.1) is 51.7 Å². The summed E-state index contributed by atoms with van der Waals surface area (Å²) in [7, 11) is 11.8. The number of aryl methyl sites for hydroxylation is 3. The average molecular weight is 764 g/mol. The van der Waals surface area contributed by atoms with E-state index in [4.69, 9.17) is 4.99 Å². The van der Waals surface area contributed by atoms with Crippen LogP contribution in [0.15, 0.2) is 83.3 Å². The predicted octanol–water partition coefficient (Wildman–Crippen LogP) is 7.54. The third-order valence-corrected chi connectivity index (χ3v) is 8.98. The number of fused-ring (bicyclic) bond motifs is 1. The highest BCUT2D eigenvalue weighted by atomic mass is 16.1. The molecule has 5 aromatic rings. The number of rotatable bonds is 11. The van der Waals surface area contributed by atoms with Crippen LogP contribution in [-0.2, 0) is 20.6 Å². The Hall–Kier alpha value is -5.95. The largest absolute Gasteiger partial charge is 0.387 e. The van der Waals surface area contributed by atoms with Crippen molar-refractivity contribution in [3.05, 3.63) is 102 Å². The Morgan fingerprint density at radius 1 is 0.929 bits per heavy atom. The van der Waals surface area contributed by atoms with Crippen molar-refractivity contribution >= 4 is 58.8 Å². The number of likely N-dealkylation sites (N-methyl/N-ethyl adjacent to an activating group) is 1. The van der Waals surface area contributed by atoms with E-state index in [9.17, 15) is 9.59 Å². The number of hydrogen-bond donors (Lipinski definition) is 3. The van der Waals surface area contributed by atoms with Gasteiger partial charge < -0.3 is 39.5 Å². The van der Waals surface area contributed by atoms with Crippen molar-refractivity contribution in [2.75, 3.05) is 69.9 Å². The third kappa shape index (κ3) is 13.1. The van der Waals surface area contributed by atoms with Crippen molar-refractivity contribution in [3.63, 3.8) is 0 Å². The Kier molecular flexibility index (Phi) is 17.8. The Bertz CT molecular complexity index is 2060. The molecule has 3 N–H and O–H groups in total. The average Bonchev–Trinajstić information content (AvgIpc) is 3.90. The van der Waals surface area contributed by atoms with Crippen LogP contribution in [0.4, 0.5) is 22.7 Å². The van der Waals surface area contributed by atoms with Crippen LogP contribution in [0, 0.1) is 6.92 Å². The molecule has 4 heterocycles. The van der Waals surface area contributed by atoms with Crippen molar-refractivity contribution < 1.29 is 9.59 Å². The Labute approximate surface area is 332 Å². The van der Waals surface area contributed by atoms with Crippen LogP contribution >= 0.6 is 0 Å². The van der Waals surface area contributed by atoms with E-state index in [-0.39, 0.29) is 0 Å². The summed E-state index contributed by atoms with van der Waals surface area (Å²) in [5.41, 5.74) is 10.8. The van der Waals surface area contributed by atoms with Crippen LogP contribution in [-0.4, -0.2) is 108 Å². The number of carbonyl (C=O) groups is 2. The fourth-order valence-corrected chi connectivity index (χ4v) is 5.79. The lowest BCUT2D eigenvalue weighted by molar-refractivity contribution is 0.111. The maximum Gasteiger partial charge on any atom is 0.166 e. The summed E-state index contributed by atoms with van der Waals surface area (Å²) in [6, 6.07) is 15.9. The van der Waals surface area contributed by atoms with E-state index in [0.717, 1.165) is 84.1 Å². The number of hydrogen-bond acceptors (Lipinski definition) is 10. The molecule has 0 aliphatic carbocycles. The second-order valence-corrected chi connectivity index (χ2v) is 13.7. The highest BCUT2D eigenvalue weighted by Gasteiger charge is 2.15. The number of anilines is 3. The summed E-state index contributed by atoms with van der Waals surface area (Å²) in [4.78, 5) is 44.0. The van der Waals surface area contributed by atoms with Crippen molar-refractivity contribution in [2.45, 2.75) is 40.7 Å². The van der Waals surface area contributed by atoms with Gasteiger partial charge in [0, 0.05) is 97.5 Å². The zero-order valence-electron chi connectivity index (χ0n) is 34.9. The Morgan fingerprint density at radius 2 is 1.59 bits per heavy atom. The number of nitrogens with one attached hydrogen (secondary N) is 3. The molecule has 0 spiro atoms. The number of aromatic nitrogens is 4. The second kappa shape index (κ2) is 22.4. The smallest absolute Gasteiger partial charge is 0.166 e. The summed E-state index contributed by atoms with van der Waals surface area (Å²) >= 11 is 0. The number of benzene rings is 2. The fraction of sp³-hybridized carbons (Fsp3) is 0.372. The van der Waals surface area contributed by atoms with E-state index in [2.05, 4.69) is 119 Å². The monoisotopic (exact) mass is 764 g/mol. The molecule has 0 bridgehead atoms. The lowest BCUT2D eigenvalue weighted by Gasteiger charge is -2.34. The first-order valence-electron chi connectivity index (χ1n) is 18.9. The van der Waals surface area contributed by atoms with E-state index < -0.39 is 0 Å². The maximum atomic E-state index is 10.7. The normalized spacial score (nSPS) is 12.8. The lowest BCUT2D eigenvalue weighted by Crippen LogP contribution is -2.44. The summed E-state index contributed by atoms with van der Waals surface area (Å²) in [5.74, 6) is 0.837. The van der Waals surface area contributed by atoms with Gasteiger partial charge in [-0.3, -0.25) is 19.6 Å². The van der Waals surface area contributed by atoms with E-state index in [0.29, 0.717) is 17.8 Å². The first kappa shape index (κ1) is 44.4. The van der Waals surface area contributed by atoms with Gasteiger partial charge in [-0.25, -0.2) is 4.98 Å². The second-order valence-electron chi connectivity index (χ2n) is 13.7. The number of aromatic amines is 1. The molecule has 56 heavy (non-hydrogen) atoms. The van der Waals surface area contributed by atoms with Crippen LogP contribution < -0.4 is 15.5 Å². The molecule has 0 radical (unpaired) electrons. The van der Waals surface area contributed by atoms with Crippen LogP contribution in [0.25, 0.3) is 11.0 Å². The van der Waals surface area contributed by atoms with Gasteiger partial charge in [-0.1, -0.05) is 26.3 Å². The SMILES string of the molecule is C=N/C=C\N(C)Cc1nc2ccc(C=O)cc2[nH]1.CCC.CNc1cc(C(C)=Nc2cc(N3CCN(C)CC3)ccc2C)n(C)c1.CNc1cc(C=O)n(C)c1. The molecule has 3 aromatic heterocycles. The van der Waals surface area contributed by atoms with E-state index in [1.54, 1.807) is 29.0 Å². The number of H-pyrrole nitrogens is 1. The first-order valence-corrected chi connectivity index (χ1v) is 18.9. The highest BCUT2D eigenvalue weighted by Crippen LogP contribution is 2.28. The van der Waals surface area contributed by atoms with Gasteiger partial charge >= 0.3 is 0 Å². The van der Waals surface area contributed by atoms with E-state index in [1.807, 2.05) is 51.6 Å². The topological polar surface area (TPSA) is 131 Å². The molecule has 0 saturated carbocycles. The van der Waals surface area contributed by atoms with Gasteiger partial charge in [0.15, 0.2) is 6.29 Å². The number of nitrogens with zero attached hydrogens (tertiary/aromatic N) is 8. The van der Waals surface area contributed by atoms with Gasteiger partial charge in [0.1, 0.15) is 12.1 Å². The molecule has 0 atom stereocenters. The molecule has 1 fully saturated rings. The zero-order chi connectivity index (χ0) is 41.2. The standard InChI is InChI=1S/C20H29N5.C13H14N4O.C7H10N2O.C3H8/c1-15-6-7-18(25-10-8-23(4)9-11-25)13-19(15)22-16(2)20-12-17(21-3)14-24(20)5;1-14-5-6-17(2)8-13-15-11-4-3-10(9-18)7-12(11)16-13;1-8-6-3-7(5-10)9(2)4-6;1-3-2/h6-7,12-14,21H,8-11H2,1-5H3;3-7,9H,1,8H2,2H3,(H,15,16);3-5,8H,1-2H3;3H2,1-2H3/b;6-5-;;. The van der Waals surface area contributed by atoms with Crippen molar-refractivity contribution in [3.8, 4) is 0 Å². The van der Waals surface area contributed by atoms with Gasteiger partial charge in [-0.2, -0.15) is 0 Å². The molecule has 1 aliphatic heterocycles. The number of piperazine rings is 1. The molecule has 13 nitrogen and oxygen atoms in total. The summed E-state index contributed by atoms with van der Waals surface area (Å²) < 4.78 is 3.89. The van der Waals surface area contributed by atoms with Gasteiger partial charge in [-0.05, 0) is 75.6 Å². The molecule has 0 amide bonds. The molecule has 1 aliphatic rings. The quantitative estimate of drug-likeness (QED) is 0.0930. The van der Waals surface area contributed by atoms with E-state index in [1.165, 1.54) is 17.7 Å². The van der Waals surface area contributed by atoms with Crippen molar-refractivity contribution in [2.24, 2.45) is 24.1 Å². The minimum absolute atomic E-state index is 0.636. The first-order chi connectivity index (χ1) is 26.9. The number of aliphatic imine (C=N–C) groups is 2. The van der Waals surface area contributed by atoms with Crippen LogP contribution in [0.3, 0.4) is 0 Å². The molecular formula is C43H61N11O2. The number of imidazole rings is 1. The van der Waals surface area contributed by atoms with Crippen LogP contribution in [0.2, 0.25) is 0 Å². The van der Waals surface area contributed by atoms with Gasteiger partial charge in [-0.15, -0.1) is 0 Å². The third-order valence-electron chi connectivity index (χ3n) is 8.98. The molecule has 1 saturated heterocycles. The van der Waals surface area contributed by atoms with E-state index >= 15 is 0 Å². The molecule has 0 unspecified atom stereocenters. The zero-order valence-corrected chi connectivity index (χ0v) is 34.9. The Morgan fingerprint density at radius 3 is 2.16 bits per heavy atom. The molecule has 13 heteroatoms.